The molecule has 0 aliphatic heterocycles. The number of pyridine rings is 1. The quantitative estimate of drug-likeness (QED) is 0.564. The predicted molar refractivity (Wildman–Crippen MR) is 76.4 cm³/mol. The molecule has 0 saturated carbocycles. The molecule has 3 aromatic rings. The zero-order chi connectivity index (χ0) is 12.9. The molecule has 18 heavy (non-hydrogen) atoms. The van der Waals surface area contributed by atoms with E-state index in [1.807, 2.05) is 42.8 Å². The smallest absolute Gasteiger partial charge is 0.197 e. The monoisotopic (exact) mass is 257 g/mol. The highest BCUT2D eigenvalue weighted by molar-refractivity contribution is 6.32. The van der Waals surface area contributed by atoms with E-state index < -0.39 is 0 Å². The summed E-state index contributed by atoms with van der Waals surface area (Å²) in [5, 5.41) is 2.15. The number of para-hydroxylation sites is 1. The van der Waals surface area contributed by atoms with Crippen LogP contribution in [0.3, 0.4) is 0 Å². The van der Waals surface area contributed by atoms with Crippen LogP contribution in [0.2, 0.25) is 5.02 Å². The molecule has 0 N–H and O–H groups in total. The van der Waals surface area contributed by atoms with Gasteiger partial charge in [-0.2, -0.15) is 0 Å². The van der Waals surface area contributed by atoms with Gasteiger partial charge in [0.1, 0.15) is 0 Å². The second kappa shape index (κ2) is 3.85. The van der Waals surface area contributed by atoms with Crippen LogP contribution in [0.15, 0.2) is 41.2 Å². The molecule has 1 aromatic heterocycles. The Labute approximate surface area is 109 Å². The number of aryl methyl sites for hydroxylation is 2. The lowest BCUT2D eigenvalue weighted by atomic mass is 10.1. The molecule has 0 amide bonds. The van der Waals surface area contributed by atoms with Crippen molar-refractivity contribution in [2.24, 2.45) is 7.05 Å². The molecule has 0 atom stereocenters. The molecule has 3 rings (SSSR count). The Morgan fingerprint density at radius 1 is 1.06 bits per heavy atom. The van der Waals surface area contributed by atoms with Gasteiger partial charge in [-0.05, 0) is 36.8 Å². The molecule has 2 aromatic carbocycles. The summed E-state index contributed by atoms with van der Waals surface area (Å²) in [6, 6.07) is 11.2. The third-order valence-electron chi connectivity index (χ3n) is 3.45. The Morgan fingerprint density at radius 3 is 2.56 bits per heavy atom. The highest BCUT2D eigenvalue weighted by Crippen LogP contribution is 2.25. The first-order valence-electron chi connectivity index (χ1n) is 5.78. The number of benzene rings is 2. The Hall–Kier alpha value is -1.80. The summed E-state index contributed by atoms with van der Waals surface area (Å²) in [6.07, 6.45) is 0. The molecule has 3 heteroatoms. The first-order chi connectivity index (χ1) is 8.61. The second-order valence-corrected chi connectivity index (χ2v) is 4.88. The maximum atomic E-state index is 12.4. The molecule has 0 radical (unpaired) electrons. The maximum Gasteiger partial charge on any atom is 0.197 e. The molecule has 1 heterocycles. The van der Waals surface area contributed by atoms with Gasteiger partial charge in [0.15, 0.2) is 5.43 Å². The van der Waals surface area contributed by atoms with Crippen LogP contribution < -0.4 is 5.43 Å². The highest BCUT2D eigenvalue weighted by Gasteiger charge is 2.11. The fourth-order valence-electron chi connectivity index (χ4n) is 2.51. The van der Waals surface area contributed by atoms with Crippen molar-refractivity contribution in [1.82, 2.24) is 4.57 Å². The van der Waals surface area contributed by atoms with Gasteiger partial charge in [0, 0.05) is 22.8 Å². The molecule has 0 saturated heterocycles. The average molecular weight is 258 g/mol. The van der Waals surface area contributed by atoms with Gasteiger partial charge in [-0.15, -0.1) is 0 Å². The first kappa shape index (κ1) is 11.3. The van der Waals surface area contributed by atoms with E-state index >= 15 is 0 Å². The van der Waals surface area contributed by atoms with Crippen molar-refractivity contribution in [3.63, 3.8) is 0 Å². The minimum absolute atomic E-state index is 0.0680. The number of rotatable bonds is 0. The summed E-state index contributed by atoms with van der Waals surface area (Å²) in [7, 11) is 1.97. The van der Waals surface area contributed by atoms with E-state index in [1.54, 1.807) is 12.1 Å². The highest BCUT2D eigenvalue weighted by atomic mass is 35.5. The van der Waals surface area contributed by atoms with Crippen molar-refractivity contribution in [2.45, 2.75) is 6.92 Å². The van der Waals surface area contributed by atoms with Gasteiger partial charge in [0.2, 0.25) is 0 Å². The molecule has 0 aliphatic rings. The molecule has 0 unspecified atom stereocenters. The van der Waals surface area contributed by atoms with Crippen LogP contribution in [0.4, 0.5) is 0 Å². The van der Waals surface area contributed by atoms with Crippen LogP contribution in [0, 0.1) is 6.92 Å². The van der Waals surface area contributed by atoms with Gasteiger partial charge in [-0.1, -0.05) is 23.7 Å². The van der Waals surface area contributed by atoms with Crippen LogP contribution in [-0.4, -0.2) is 4.57 Å². The number of nitrogens with zero attached hydrogens (tertiary/aromatic N) is 1. The molecule has 2 nitrogen and oxygen atoms in total. The topological polar surface area (TPSA) is 22.0 Å². The zero-order valence-electron chi connectivity index (χ0n) is 10.2. The number of fused-ring (bicyclic) bond motifs is 2. The van der Waals surface area contributed by atoms with E-state index in [0.29, 0.717) is 5.02 Å². The molecule has 0 fully saturated rings. The minimum Gasteiger partial charge on any atom is -0.343 e. The number of halogens is 1. The molecular formula is C15H12ClNO. The first-order valence-corrected chi connectivity index (χ1v) is 6.15. The fraction of sp³-hybridized carbons (Fsp3) is 0.133. The van der Waals surface area contributed by atoms with Gasteiger partial charge in [0.25, 0.3) is 0 Å². The molecule has 0 bridgehead atoms. The van der Waals surface area contributed by atoms with E-state index in [-0.39, 0.29) is 5.43 Å². The van der Waals surface area contributed by atoms with Gasteiger partial charge in [-0.3, -0.25) is 4.79 Å². The lowest BCUT2D eigenvalue weighted by molar-refractivity contribution is 0.996. The maximum absolute atomic E-state index is 12.4. The summed E-state index contributed by atoms with van der Waals surface area (Å²) in [6.45, 7) is 1.94. The van der Waals surface area contributed by atoms with E-state index in [1.165, 1.54) is 0 Å². The van der Waals surface area contributed by atoms with Crippen LogP contribution in [-0.2, 0) is 7.05 Å². The van der Waals surface area contributed by atoms with Gasteiger partial charge < -0.3 is 4.57 Å². The Balaban J connectivity index is 2.72. The lowest BCUT2D eigenvalue weighted by Crippen LogP contribution is -2.10. The lowest BCUT2D eigenvalue weighted by Gasteiger charge is -2.13. The standard InChI is InChI=1S/C15H12ClNO/c1-9-12(16)8-7-11-14(9)17(2)13-6-4-3-5-10(13)15(11)18/h3-8H,1-2H3. The number of hydrogen-bond acceptors (Lipinski definition) is 1. The summed E-state index contributed by atoms with van der Waals surface area (Å²) in [5.74, 6) is 0. The summed E-state index contributed by atoms with van der Waals surface area (Å²) >= 11 is 6.15. The normalized spacial score (nSPS) is 11.3. The largest absolute Gasteiger partial charge is 0.343 e. The van der Waals surface area contributed by atoms with Gasteiger partial charge >= 0.3 is 0 Å². The minimum atomic E-state index is 0.0680. The van der Waals surface area contributed by atoms with E-state index in [9.17, 15) is 4.79 Å². The summed E-state index contributed by atoms with van der Waals surface area (Å²) in [4.78, 5) is 12.4. The fourth-order valence-corrected chi connectivity index (χ4v) is 2.67. The van der Waals surface area contributed by atoms with Gasteiger partial charge in [-0.25, -0.2) is 0 Å². The third-order valence-corrected chi connectivity index (χ3v) is 3.86. The van der Waals surface area contributed by atoms with E-state index in [4.69, 9.17) is 11.6 Å². The number of hydrogen-bond donors (Lipinski definition) is 0. The molecule has 0 aliphatic carbocycles. The van der Waals surface area contributed by atoms with E-state index in [0.717, 1.165) is 27.4 Å². The van der Waals surface area contributed by atoms with Crippen molar-refractivity contribution in [2.75, 3.05) is 0 Å². The summed E-state index contributed by atoms with van der Waals surface area (Å²) < 4.78 is 2.04. The predicted octanol–water partition coefficient (Wildman–Crippen LogP) is 3.65. The second-order valence-electron chi connectivity index (χ2n) is 4.47. The van der Waals surface area contributed by atoms with Crippen molar-refractivity contribution in [3.05, 3.63) is 57.2 Å². The SMILES string of the molecule is Cc1c(Cl)ccc2c(=O)c3ccccc3n(C)c12. The van der Waals surface area contributed by atoms with Crippen molar-refractivity contribution >= 4 is 33.4 Å². The van der Waals surface area contributed by atoms with Gasteiger partial charge in [0.05, 0.1) is 11.0 Å². The van der Waals surface area contributed by atoms with Crippen molar-refractivity contribution in [3.8, 4) is 0 Å². The van der Waals surface area contributed by atoms with E-state index in [2.05, 4.69) is 0 Å². The van der Waals surface area contributed by atoms with Crippen LogP contribution in [0.1, 0.15) is 5.56 Å². The van der Waals surface area contributed by atoms with Crippen molar-refractivity contribution in [1.29, 1.82) is 0 Å². The zero-order valence-corrected chi connectivity index (χ0v) is 11.0. The van der Waals surface area contributed by atoms with Crippen LogP contribution >= 0.6 is 11.6 Å². The molecule has 0 spiro atoms. The van der Waals surface area contributed by atoms with Crippen molar-refractivity contribution < 1.29 is 0 Å². The average Bonchev–Trinajstić information content (AvgIpc) is 2.39. The molecular weight excluding hydrogens is 246 g/mol. The Kier molecular flexibility index (Phi) is 2.42. The Morgan fingerprint density at radius 2 is 1.78 bits per heavy atom. The number of aromatic nitrogens is 1. The van der Waals surface area contributed by atoms with Crippen LogP contribution in [0.25, 0.3) is 21.8 Å². The molecule has 90 valence electrons. The third kappa shape index (κ3) is 1.39. The van der Waals surface area contributed by atoms with Crippen LogP contribution in [0.5, 0.6) is 0 Å². The Bertz CT molecular complexity index is 833. The summed E-state index contributed by atoms with van der Waals surface area (Å²) in [5.41, 5.74) is 2.85.